The Hall–Kier alpha value is -2.02. The summed E-state index contributed by atoms with van der Waals surface area (Å²) < 4.78 is 29.0. The predicted molar refractivity (Wildman–Crippen MR) is 177 cm³/mol. The van der Waals surface area contributed by atoms with Gasteiger partial charge in [0, 0.05) is 20.1 Å². The third-order valence-electron chi connectivity index (χ3n) is 8.09. The molecule has 0 aromatic carbocycles. The van der Waals surface area contributed by atoms with E-state index in [1.807, 2.05) is 34.6 Å². The van der Waals surface area contributed by atoms with Crippen molar-refractivity contribution >= 4 is 34.3 Å². The van der Waals surface area contributed by atoms with Gasteiger partial charge in [0.2, 0.25) is 6.10 Å². The smallest absolute Gasteiger partial charge is 0.348 e. The third-order valence-corrected chi connectivity index (χ3v) is 14.3. The first kappa shape index (κ1) is 39.0. The Kier molecular flexibility index (Phi) is 14.8. The fraction of sp³-hybridized carbons (Fsp3) is 0.727. The van der Waals surface area contributed by atoms with E-state index in [1.165, 1.54) is 6.08 Å². The first-order valence-electron chi connectivity index (χ1n) is 15.5. The van der Waals surface area contributed by atoms with Crippen molar-refractivity contribution in [3.63, 3.8) is 0 Å². The third kappa shape index (κ3) is 13.7. The monoisotopic (exact) mass is 638 g/mol. The maximum Gasteiger partial charge on any atom is 0.348 e. The number of rotatable bonds is 17. The molecule has 246 valence electrons. The molecule has 0 aromatic rings. The molecule has 10 heteroatoms. The van der Waals surface area contributed by atoms with Crippen LogP contribution in [-0.4, -0.2) is 71.4 Å². The first-order chi connectivity index (χ1) is 19.6. The molecule has 0 aromatic heterocycles. The molecule has 0 unspecified atom stereocenters. The average Bonchev–Trinajstić information content (AvgIpc) is 3.62. The van der Waals surface area contributed by atoms with Gasteiger partial charge < -0.3 is 23.4 Å². The summed E-state index contributed by atoms with van der Waals surface area (Å²) in [6, 6.07) is 0.923. The zero-order valence-corrected chi connectivity index (χ0v) is 30.9. The van der Waals surface area contributed by atoms with Gasteiger partial charge in [0.05, 0.1) is 13.2 Å². The maximum atomic E-state index is 13.5. The second kappa shape index (κ2) is 16.3. The zero-order chi connectivity index (χ0) is 33.2. The van der Waals surface area contributed by atoms with Gasteiger partial charge in [0.1, 0.15) is 11.7 Å². The molecular formula is C33H58O8Si2. The van der Waals surface area contributed by atoms with E-state index in [2.05, 4.69) is 53.5 Å². The van der Waals surface area contributed by atoms with E-state index in [9.17, 15) is 14.4 Å². The summed E-state index contributed by atoms with van der Waals surface area (Å²) in [5.41, 5.74) is -0.661. The lowest BCUT2D eigenvalue weighted by molar-refractivity contribution is -0.180. The second-order valence-corrected chi connectivity index (χ2v) is 25.2. The molecule has 0 spiro atoms. The van der Waals surface area contributed by atoms with Crippen LogP contribution in [0.25, 0.3) is 0 Å². The Morgan fingerprint density at radius 3 is 1.95 bits per heavy atom. The summed E-state index contributed by atoms with van der Waals surface area (Å²) in [4.78, 5) is 38.8. The van der Waals surface area contributed by atoms with Crippen molar-refractivity contribution < 1.29 is 37.8 Å². The molecule has 0 bridgehead atoms. The average molecular weight is 639 g/mol. The van der Waals surface area contributed by atoms with Crippen LogP contribution in [0.3, 0.4) is 0 Å². The lowest BCUT2D eigenvalue weighted by Gasteiger charge is -2.39. The van der Waals surface area contributed by atoms with E-state index < -0.39 is 52.2 Å². The van der Waals surface area contributed by atoms with Crippen molar-refractivity contribution in [2.45, 2.75) is 130 Å². The Bertz CT molecular complexity index is 1010. The van der Waals surface area contributed by atoms with Gasteiger partial charge in [-0.05, 0) is 49.5 Å². The van der Waals surface area contributed by atoms with E-state index in [0.29, 0.717) is 19.6 Å². The molecule has 8 nitrogen and oxygen atoms in total. The number of allylic oxidation sites excluding steroid dienone is 4. The molecule has 0 N–H and O–H groups in total. The molecule has 0 saturated carbocycles. The zero-order valence-electron chi connectivity index (χ0n) is 28.9. The van der Waals surface area contributed by atoms with Gasteiger partial charge in [-0.25, -0.2) is 14.4 Å². The maximum absolute atomic E-state index is 13.5. The Balaban J connectivity index is 2.94. The molecule has 0 radical (unpaired) electrons. The summed E-state index contributed by atoms with van der Waals surface area (Å²) >= 11 is 0. The molecular weight excluding hydrogens is 581 g/mol. The van der Waals surface area contributed by atoms with Crippen LogP contribution in [-0.2, 0) is 37.8 Å². The van der Waals surface area contributed by atoms with E-state index in [4.69, 9.17) is 23.4 Å². The second-order valence-electron chi connectivity index (χ2n) is 14.9. The molecule has 43 heavy (non-hydrogen) atoms. The molecule has 5 atom stereocenters. The fourth-order valence-electron chi connectivity index (χ4n) is 3.52. The van der Waals surface area contributed by atoms with Crippen molar-refractivity contribution in [2.24, 2.45) is 11.8 Å². The van der Waals surface area contributed by atoms with Gasteiger partial charge in [0.15, 0.2) is 14.4 Å². The fourth-order valence-corrected chi connectivity index (χ4v) is 5.60. The summed E-state index contributed by atoms with van der Waals surface area (Å²) in [6.07, 6.45) is 7.95. The largest absolute Gasteiger partial charge is 0.463 e. The van der Waals surface area contributed by atoms with Crippen molar-refractivity contribution in [2.75, 3.05) is 13.2 Å². The van der Waals surface area contributed by atoms with Crippen molar-refractivity contribution in [1.82, 2.24) is 0 Å². The standard InChI is InChI=1S/C33H58O8Si2/c1-14-25(4)29(40-30(35)28(24(2)3)41-43(12,13)32(5,6)7)31(36)39-26(33(8)23-38-33)19-17-15-16-18-20-27(34)37-21-22-42(9,10)11/h15-20,24-26,28-29H,14,21-23H2,1-13H3/b16-15+,19-17+,20-18+/t25-,26+,28-,29+,33-/m0/s1. The highest BCUT2D eigenvalue weighted by Gasteiger charge is 2.49. The molecule has 1 fully saturated rings. The molecule has 0 aliphatic carbocycles. The Labute approximate surface area is 262 Å². The number of esters is 3. The van der Waals surface area contributed by atoms with Gasteiger partial charge in [-0.1, -0.05) is 92.4 Å². The van der Waals surface area contributed by atoms with Crippen molar-refractivity contribution in [1.29, 1.82) is 0 Å². The van der Waals surface area contributed by atoms with Gasteiger partial charge in [-0.15, -0.1) is 0 Å². The summed E-state index contributed by atoms with van der Waals surface area (Å²) in [5.74, 6) is -1.92. The number of epoxide rings is 1. The van der Waals surface area contributed by atoms with Crippen LogP contribution in [0, 0.1) is 11.8 Å². The van der Waals surface area contributed by atoms with Crippen LogP contribution in [0.5, 0.6) is 0 Å². The number of hydrogen-bond donors (Lipinski definition) is 0. The van der Waals surface area contributed by atoms with Crippen molar-refractivity contribution in [3.05, 3.63) is 36.5 Å². The molecule has 1 saturated heterocycles. The van der Waals surface area contributed by atoms with Gasteiger partial charge in [-0.2, -0.15) is 0 Å². The van der Waals surface area contributed by atoms with E-state index in [0.717, 1.165) is 6.04 Å². The Morgan fingerprint density at radius 2 is 1.47 bits per heavy atom. The topological polar surface area (TPSA) is 101 Å². The molecule has 1 rings (SSSR count). The van der Waals surface area contributed by atoms with E-state index >= 15 is 0 Å². The predicted octanol–water partition coefficient (Wildman–Crippen LogP) is 7.24. The van der Waals surface area contributed by atoms with Crippen LogP contribution in [0.4, 0.5) is 0 Å². The number of carbonyl (C=O) groups excluding carboxylic acids is 3. The summed E-state index contributed by atoms with van der Waals surface area (Å²) in [5, 5.41) is -0.0877. The van der Waals surface area contributed by atoms with Crippen LogP contribution in [0.15, 0.2) is 36.5 Å². The molecule has 0 amide bonds. The summed E-state index contributed by atoms with van der Waals surface area (Å²) in [7, 11) is -3.53. The van der Waals surface area contributed by atoms with E-state index in [1.54, 1.807) is 30.4 Å². The lowest BCUT2D eigenvalue weighted by atomic mass is 10.0. The molecule has 1 aliphatic rings. The van der Waals surface area contributed by atoms with E-state index in [-0.39, 0.29) is 22.8 Å². The lowest BCUT2D eigenvalue weighted by Crippen LogP contribution is -2.49. The van der Waals surface area contributed by atoms with Crippen LogP contribution in [0.1, 0.15) is 61.8 Å². The highest BCUT2D eigenvalue weighted by Crippen LogP contribution is 2.38. The summed E-state index contributed by atoms with van der Waals surface area (Å²) in [6.45, 7) is 27.6. The van der Waals surface area contributed by atoms with Gasteiger partial charge >= 0.3 is 17.9 Å². The first-order valence-corrected chi connectivity index (χ1v) is 22.2. The van der Waals surface area contributed by atoms with Gasteiger partial charge in [-0.3, -0.25) is 0 Å². The minimum absolute atomic E-state index is 0.0877. The number of hydrogen-bond acceptors (Lipinski definition) is 8. The minimum Gasteiger partial charge on any atom is -0.463 e. The number of carbonyl (C=O) groups is 3. The number of ether oxygens (including phenoxy) is 4. The molecule has 1 heterocycles. The molecule has 1 aliphatic heterocycles. The normalized spacial score (nSPS) is 20.8. The van der Waals surface area contributed by atoms with Crippen LogP contribution < -0.4 is 0 Å². The highest BCUT2D eigenvalue weighted by atomic mass is 28.4. The van der Waals surface area contributed by atoms with Crippen molar-refractivity contribution in [3.8, 4) is 0 Å². The quantitative estimate of drug-likeness (QED) is 0.0410. The SMILES string of the molecule is CC[C@H](C)[C@@H](OC(=O)[C@@H](O[Si](C)(C)C(C)(C)C)C(C)C)C(=O)O[C@H](/C=C/C=C/C=C/C(=O)OCC[Si](C)(C)C)[C@]1(C)CO1. The van der Waals surface area contributed by atoms with Gasteiger partial charge in [0.25, 0.3) is 0 Å². The highest BCUT2D eigenvalue weighted by molar-refractivity contribution is 6.76. The minimum atomic E-state index is -2.27. The Morgan fingerprint density at radius 1 is 0.907 bits per heavy atom. The van der Waals surface area contributed by atoms with Crippen LogP contribution in [0.2, 0.25) is 43.8 Å². The van der Waals surface area contributed by atoms with Crippen LogP contribution >= 0.6 is 0 Å².